The van der Waals surface area contributed by atoms with Crippen LogP contribution in [0, 0.1) is 12.7 Å². The topological polar surface area (TPSA) is 90.5 Å². The van der Waals surface area contributed by atoms with E-state index in [0.29, 0.717) is 25.6 Å². The number of nitrogens with zero attached hydrogens (tertiary/aromatic N) is 6. The fourth-order valence-electron chi connectivity index (χ4n) is 6.67. The van der Waals surface area contributed by atoms with Crippen LogP contribution in [0.15, 0.2) is 41.4 Å². The lowest BCUT2D eigenvalue weighted by Gasteiger charge is -2.46. The second-order valence-corrected chi connectivity index (χ2v) is 15.1. The highest BCUT2D eigenvalue weighted by Gasteiger charge is 2.39. The van der Waals surface area contributed by atoms with Gasteiger partial charge < -0.3 is 30.1 Å². The van der Waals surface area contributed by atoms with Crippen molar-refractivity contribution in [3.8, 4) is 11.3 Å². The number of halogens is 2. The second-order valence-electron chi connectivity index (χ2n) is 14.7. The number of amides is 1. The summed E-state index contributed by atoms with van der Waals surface area (Å²) in [5.41, 5.74) is 11.7. The molecule has 258 valence electrons. The summed E-state index contributed by atoms with van der Waals surface area (Å²) in [5, 5.41) is 0.273. The van der Waals surface area contributed by atoms with Crippen LogP contribution in [-0.2, 0) is 11.3 Å². The van der Waals surface area contributed by atoms with Gasteiger partial charge in [0.25, 0.3) is 0 Å². The summed E-state index contributed by atoms with van der Waals surface area (Å²) in [6, 6.07) is 10.7. The van der Waals surface area contributed by atoms with Gasteiger partial charge in [-0.3, -0.25) is 0 Å². The summed E-state index contributed by atoms with van der Waals surface area (Å²) in [5.74, 6) is 1.08. The van der Waals surface area contributed by atoms with Crippen molar-refractivity contribution in [3.05, 3.63) is 69.5 Å². The lowest BCUT2D eigenvalue weighted by Crippen LogP contribution is -2.60. The minimum atomic E-state index is -0.591. The number of anilines is 3. The Balaban J connectivity index is 1.65. The van der Waals surface area contributed by atoms with E-state index in [-0.39, 0.29) is 46.1 Å². The molecule has 0 aliphatic carbocycles. The van der Waals surface area contributed by atoms with Gasteiger partial charge in [-0.2, -0.15) is 0 Å². The van der Waals surface area contributed by atoms with E-state index in [0.717, 1.165) is 29.2 Å². The lowest BCUT2D eigenvalue weighted by atomic mass is 9.93. The van der Waals surface area contributed by atoms with Crippen molar-refractivity contribution in [3.63, 3.8) is 0 Å². The van der Waals surface area contributed by atoms with E-state index in [2.05, 4.69) is 68.6 Å². The molecule has 2 aromatic carbocycles. The maximum absolute atomic E-state index is 15.3. The zero-order chi connectivity index (χ0) is 35.2. The zero-order valence-corrected chi connectivity index (χ0v) is 30.6. The fourth-order valence-corrected chi connectivity index (χ4v) is 6.92. The molecular formula is C37H49ClFN7O2. The molecule has 2 N–H and O–H groups in total. The number of aliphatic imine (C=N–C) groups is 1. The summed E-state index contributed by atoms with van der Waals surface area (Å²) in [6.45, 7) is 18.3. The molecule has 1 amide bonds. The van der Waals surface area contributed by atoms with E-state index in [1.165, 1.54) is 17.2 Å². The van der Waals surface area contributed by atoms with Crippen molar-refractivity contribution in [1.29, 1.82) is 0 Å². The van der Waals surface area contributed by atoms with Crippen LogP contribution in [0.5, 0.6) is 0 Å². The molecule has 9 nitrogen and oxygen atoms in total. The van der Waals surface area contributed by atoms with Gasteiger partial charge in [0.05, 0.1) is 27.5 Å². The molecule has 1 fully saturated rings. The normalized spacial score (nSPS) is 18.4. The van der Waals surface area contributed by atoms with Gasteiger partial charge in [-0.25, -0.2) is 19.2 Å². The Morgan fingerprint density at radius 2 is 1.85 bits per heavy atom. The molecule has 2 aliphatic rings. The van der Waals surface area contributed by atoms with Gasteiger partial charge in [0.1, 0.15) is 29.7 Å². The number of benzene rings is 2. The van der Waals surface area contributed by atoms with Gasteiger partial charge in [0.15, 0.2) is 0 Å². The standard InChI is InChI=1S/C37H49ClFN7O2/c1-21(2)26-15-25(19-43(9)10)14-22(3)33(26)46-20-41-34(44-17-24(5)45(18-23(44)4)36(47)48-37(6,7)8)27-16-28(38)32(42-35(27)46)31-29(39)12-11-13-30(31)40/h11-16,21,23-24H,17-20,40H2,1-10H3/t23-,24+/m0/s1. The third kappa shape index (κ3) is 7.10. The molecule has 0 radical (unpaired) electrons. The summed E-state index contributed by atoms with van der Waals surface area (Å²) >= 11 is 6.96. The third-order valence-corrected chi connectivity index (χ3v) is 9.05. The average Bonchev–Trinajstić information content (AvgIpc) is 2.96. The van der Waals surface area contributed by atoms with Gasteiger partial charge in [0, 0.05) is 37.4 Å². The van der Waals surface area contributed by atoms with Crippen molar-refractivity contribution in [1.82, 2.24) is 19.7 Å². The summed E-state index contributed by atoms with van der Waals surface area (Å²) < 4.78 is 21.1. The third-order valence-electron chi connectivity index (χ3n) is 8.76. The smallest absolute Gasteiger partial charge is 0.410 e. The Hall–Kier alpha value is -3.89. The molecule has 11 heteroatoms. The van der Waals surface area contributed by atoms with Gasteiger partial charge in [-0.05, 0) is 96.4 Å². The molecular weight excluding hydrogens is 629 g/mol. The molecule has 3 aromatic rings. The molecule has 0 unspecified atom stereocenters. The number of aromatic nitrogens is 1. The number of carbonyl (C=O) groups is 1. The van der Waals surface area contributed by atoms with Crippen molar-refractivity contribution in [2.45, 2.75) is 85.5 Å². The number of nitrogen functional groups attached to an aromatic ring is 1. The van der Waals surface area contributed by atoms with Crippen molar-refractivity contribution < 1.29 is 13.9 Å². The summed E-state index contributed by atoms with van der Waals surface area (Å²) in [4.78, 5) is 31.7. The first-order chi connectivity index (χ1) is 22.5. The van der Waals surface area contributed by atoms with Crippen molar-refractivity contribution in [2.24, 2.45) is 4.99 Å². The van der Waals surface area contributed by atoms with Crippen LogP contribution in [0.3, 0.4) is 0 Å². The van der Waals surface area contributed by atoms with Crippen molar-refractivity contribution >= 4 is 40.7 Å². The first-order valence-electron chi connectivity index (χ1n) is 16.6. The molecule has 2 aliphatic heterocycles. The molecule has 1 saturated heterocycles. The monoisotopic (exact) mass is 677 g/mol. The Labute approximate surface area is 289 Å². The van der Waals surface area contributed by atoms with Gasteiger partial charge >= 0.3 is 6.09 Å². The predicted octanol–water partition coefficient (Wildman–Crippen LogP) is 7.80. The van der Waals surface area contributed by atoms with Crippen LogP contribution in [0.2, 0.25) is 5.02 Å². The number of carbonyl (C=O) groups excluding carboxylic acids is 1. The number of aryl methyl sites for hydroxylation is 1. The largest absolute Gasteiger partial charge is 0.444 e. The number of rotatable bonds is 5. The first-order valence-corrected chi connectivity index (χ1v) is 17.0. The van der Waals surface area contributed by atoms with E-state index in [1.54, 1.807) is 17.0 Å². The number of hydrogen-bond donors (Lipinski definition) is 1. The van der Waals surface area contributed by atoms with E-state index in [4.69, 9.17) is 32.0 Å². The lowest BCUT2D eigenvalue weighted by molar-refractivity contribution is 0.000461. The number of hydrogen-bond acceptors (Lipinski definition) is 8. The Kier molecular flexibility index (Phi) is 10.00. The van der Waals surface area contributed by atoms with E-state index in [1.807, 2.05) is 33.8 Å². The van der Waals surface area contributed by atoms with E-state index in [9.17, 15) is 4.79 Å². The number of ether oxygens (including phenoxy) is 1. The highest BCUT2D eigenvalue weighted by atomic mass is 35.5. The Morgan fingerprint density at radius 1 is 1.15 bits per heavy atom. The minimum absolute atomic E-state index is 0.0780. The summed E-state index contributed by atoms with van der Waals surface area (Å²) in [6.07, 6.45) is -0.329. The van der Waals surface area contributed by atoms with Crippen LogP contribution in [0.1, 0.15) is 76.6 Å². The number of piperazine rings is 1. The molecule has 0 saturated carbocycles. The van der Waals surface area contributed by atoms with Crippen LogP contribution in [0.4, 0.5) is 26.4 Å². The Morgan fingerprint density at radius 3 is 2.48 bits per heavy atom. The maximum atomic E-state index is 15.3. The zero-order valence-electron chi connectivity index (χ0n) is 29.9. The van der Waals surface area contributed by atoms with E-state index < -0.39 is 11.4 Å². The summed E-state index contributed by atoms with van der Waals surface area (Å²) in [7, 11) is 4.13. The highest BCUT2D eigenvalue weighted by Crippen LogP contribution is 2.43. The molecule has 2 atom stereocenters. The Bertz CT molecular complexity index is 1720. The van der Waals surface area contributed by atoms with Crippen LogP contribution < -0.4 is 10.6 Å². The number of nitrogens with two attached hydrogens (primary N) is 1. The quantitative estimate of drug-likeness (QED) is 0.276. The minimum Gasteiger partial charge on any atom is -0.444 e. The highest BCUT2D eigenvalue weighted by molar-refractivity contribution is 6.34. The maximum Gasteiger partial charge on any atom is 0.410 e. The molecule has 0 bridgehead atoms. The van der Waals surface area contributed by atoms with Gasteiger partial charge in [-0.15, -0.1) is 0 Å². The molecule has 48 heavy (non-hydrogen) atoms. The van der Waals surface area contributed by atoms with Crippen LogP contribution >= 0.6 is 11.6 Å². The van der Waals surface area contributed by atoms with Crippen LogP contribution in [-0.4, -0.2) is 83.2 Å². The molecule has 1 aromatic heterocycles. The second kappa shape index (κ2) is 13.6. The first kappa shape index (κ1) is 35.4. The number of pyridine rings is 1. The SMILES string of the molecule is Cc1cc(CN(C)C)cc(C(C)C)c1N1CN=C(N2C[C@@H](C)N(C(=O)OC(C)(C)C)C[C@@H]2C)c2cc(Cl)c(-c3c(N)cccc3F)nc21. The number of amidine groups is 1. The van der Waals surface area contributed by atoms with Gasteiger partial charge in [0.2, 0.25) is 0 Å². The fraction of sp³-hybridized carbons (Fsp3) is 0.486. The van der Waals surface area contributed by atoms with Gasteiger partial charge in [-0.1, -0.05) is 43.6 Å². The molecule has 3 heterocycles. The predicted molar refractivity (Wildman–Crippen MR) is 194 cm³/mol. The number of fused-ring (bicyclic) bond motifs is 1. The van der Waals surface area contributed by atoms with E-state index >= 15 is 4.39 Å². The molecule has 5 rings (SSSR count). The molecule has 0 spiro atoms. The van der Waals surface area contributed by atoms with Crippen molar-refractivity contribution in [2.75, 3.05) is 44.5 Å². The average molecular weight is 678 g/mol. The van der Waals surface area contributed by atoms with Crippen LogP contribution in [0.25, 0.3) is 11.3 Å².